The van der Waals surface area contributed by atoms with Crippen molar-refractivity contribution < 1.29 is 24.9 Å². The molecule has 1 aromatic rings. The van der Waals surface area contributed by atoms with Crippen LogP contribution in [0, 0.1) is 0 Å². The van der Waals surface area contributed by atoms with Crippen molar-refractivity contribution in [2.24, 2.45) is 0 Å². The van der Waals surface area contributed by atoms with Crippen molar-refractivity contribution in [3.05, 3.63) is 29.8 Å². The van der Waals surface area contributed by atoms with Gasteiger partial charge in [0.2, 0.25) is 5.91 Å². The van der Waals surface area contributed by atoms with Gasteiger partial charge in [0.05, 0.1) is 6.61 Å². The number of aromatic hydroxyl groups is 1. The lowest BCUT2D eigenvalue weighted by Crippen LogP contribution is -2.42. The van der Waals surface area contributed by atoms with E-state index in [1.165, 1.54) is 19.1 Å². The van der Waals surface area contributed by atoms with E-state index in [4.69, 9.17) is 9.84 Å². The molecule has 19 heavy (non-hydrogen) atoms. The second-order valence-corrected chi connectivity index (χ2v) is 3.88. The number of rotatable bonds is 5. The number of esters is 1. The summed E-state index contributed by atoms with van der Waals surface area (Å²) in [4.78, 5) is 22.7. The van der Waals surface area contributed by atoms with Gasteiger partial charge < -0.3 is 20.6 Å². The Bertz CT molecular complexity index is 416. The Kier molecular flexibility index (Phi) is 7.21. The number of amides is 1. The van der Waals surface area contributed by atoms with Crippen LogP contribution in [0.15, 0.2) is 24.3 Å². The first-order valence-corrected chi connectivity index (χ1v) is 5.74. The van der Waals surface area contributed by atoms with Crippen LogP contribution in [0.25, 0.3) is 0 Å². The van der Waals surface area contributed by atoms with Crippen LogP contribution in [0.2, 0.25) is 0 Å². The van der Waals surface area contributed by atoms with E-state index in [9.17, 15) is 9.59 Å². The molecular formula is C13H19NO5. The molecule has 1 aromatic carbocycles. The van der Waals surface area contributed by atoms with E-state index >= 15 is 0 Å². The molecule has 0 saturated heterocycles. The molecule has 0 spiro atoms. The molecule has 0 aromatic heterocycles. The van der Waals surface area contributed by atoms with Crippen LogP contribution in [-0.2, 0) is 20.7 Å². The molecule has 0 radical (unpaired) electrons. The van der Waals surface area contributed by atoms with Crippen molar-refractivity contribution >= 4 is 11.9 Å². The Morgan fingerprint density at radius 3 is 2.37 bits per heavy atom. The van der Waals surface area contributed by atoms with Gasteiger partial charge in [-0.3, -0.25) is 4.79 Å². The third kappa shape index (κ3) is 5.87. The van der Waals surface area contributed by atoms with Crippen LogP contribution in [0.3, 0.4) is 0 Å². The maximum Gasteiger partial charge on any atom is 0.328 e. The molecule has 1 unspecified atom stereocenters. The third-order valence-corrected chi connectivity index (χ3v) is 2.32. The van der Waals surface area contributed by atoms with E-state index in [0.717, 1.165) is 5.56 Å². The molecule has 4 N–H and O–H groups in total. The lowest BCUT2D eigenvalue weighted by atomic mass is 10.1. The molecule has 1 rings (SSSR count). The van der Waals surface area contributed by atoms with E-state index in [1.807, 2.05) is 0 Å². The minimum Gasteiger partial charge on any atom is -0.508 e. The minimum absolute atomic E-state index is 0. The van der Waals surface area contributed by atoms with Crippen LogP contribution in [-0.4, -0.2) is 35.1 Å². The van der Waals surface area contributed by atoms with Crippen molar-refractivity contribution in [2.45, 2.75) is 26.3 Å². The van der Waals surface area contributed by atoms with Gasteiger partial charge in [-0.2, -0.15) is 0 Å². The van der Waals surface area contributed by atoms with Crippen molar-refractivity contribution in [1.82, 2.24) is 5.32 Å². The molecule has 0 aliphatic rings. The fourth-order valence-electron chi connectivity index (χ4n) is 1.55. The minimum atomic E-state index is -0.702. The summed E-state index contributed by atoms with van der Waals surface area (Å²) < 4.78 is 4.90. The van der Waals surface area contributed by atoms with Gasteiger partial charge in [0, 0.05) is 13.3 Å². The lowest BCUT2D eigenvalue weighted by Gasteiger charge is -2.16. The Labute approximate surface area is 111 Å². The number of phenols is 1. The normalized spacial score (nSPS) is 11.1. The summed E-state index contributed by atoms with van der Waals surface area (Å²) in [5.74, 6) is -0.585. The zero-order valence-corrected chi connectivity index (χ0v) is 11.0. The number of benzene rings is 1. The molecule has 106 valence electrons. The summed E-state index contributed by atoms with van der Waals surface area (Å²) in [6.45, 7) is 3.33. The number of carbonyl (C=O) groups excluding carboxylic acids is 2. The van der Waals surface area contributed by atoms with Gasteiger partial charge in [0.15, 0.2) is 0 Å². The van der Waals surface area contributed by atoms with Crippen molar-refractivity contribution in [3.8, 4) is 5.75 Å². The highest BCUT2D eigenvalue weighted by atomic mass is 16.5. The van der Waals surface area contributed by atoms with Crippen molar-refractivity contribution in [1.29, 1.82) is 0 Å². The number of carbonyl (C=O) groups is 2. The molecule has 1 amide bonds. The molecule has 6 heteroatoms. The first-order chi connectivity index (χ1) is 8.52. The van der Waals surface area contributed by atoms with Crippen LogP contribution in [0.1, 0.15) is 19.4 Å². The summed E-state index contributed by atoms with van der Waals surface area (Å²) >= 11 is 0. The number of phenolic OH excluding ortho intramolecular Hbond substituents is 1. The summed E-state index contributed by atoms with van der Waals surface area (Å²) in [6.07, 6.45) is 0.332. The summed E-state index contributed by atoms with van der Waals surface area (Å²) in [7, 11) is 0. The zero-order valence-electron chi connectivity index (χ0n) is 11.0. The topological polar surface area (TPSA) is 107 Å². The summed E-state index contributed by atoms with van der Waals surface area (Å²) in [6, 6.07) is 5.76. The first kappa shape index (κ1) is 16.9. The number of nitrogens with one attached hydrogen (secondary N) is 1. The molecule has 0 aliphatic heterocycles. The fourth-order valence-corrected chi connectivity index (χ4v) is 1.55. The van der Waals surface area contributed by atoms with E-state index in [2.05, 4.69) is 5.32 Å². The number of hydrogen-bond donors (Lipinski definition) is 2. The Morgan fingerprint density at radius 1 is 1.32 bits per heavy atom. The second kappa shape index (κ2) is 8.10. The molecule has 6 nitrogen and oxygen atoms in total. The Morgan fingerprint density at radius 2 is 1.89 bits per heavy atom. The zero-order chi connectivity index (χ0) is 13.5. The average Bonchev–Trinajstić information content (AvgIpc) is 2.31. The number of ether oxygens (including phenoxy) is 1. The van der Waals surface area contributed by atoms with E-state index in [-0.39, 0.29) is 23.7 Å². The Hall–Kier alpha value is -2.08. The predicted octanol–water partition coefficient (Wildman–Crippen LogP) is 0.178. The quantitative estimate of drug-likeness (QED) is 0.743. The lowest BCUT2D eigenvalue weighted by molar-refractivity contribution is -0.147. The van der Waals surface area contributed by atoms with E-state index in [1.54, 1.807) is 19.1 Å². The van der Waals surface area contributed by atoms with E-state index < -0.39 is 12.0 Å². The molecule has 1 atom stereocenters. The second-order valence-electron chi connectivity index (χ2n) is 3.88. The van der Waals surface area contributed by atoms with Crippen LogP contribution in [0.5, 0.6) is 5.75 Å². The highest BCUT2D eigenvalue weighted by Crippen LogP contribution is 2.11. The predicted molar refractivity (Wildman–Crippen MR) is 69.7 cm³/mol. The fraction of sp³-hybridized carbons (Fsp3) is 0.385. The third-order valence-electron chi connectivity index (χ3n) is 2.32. The molecule has 0 bridgehead atoms. The summed E-state index contributed by atoms with van der Waals surface area (Å²) in [5, 5.41) is 11.7. The molecular weight excluding hydrogens is 250 g/mol. The van der Waals surface area contributed by atoms with Gasteiger partial charge in [-0.25, -0.2) is 4.79 Å². The van der Waals surface area contributed by atoms with Crippen LogP contribution < -0.4 is 5.32 Å². The van der Waals surface area contributed by atoms with Gasteiger partial charge in [-0.15, -0.1) is 0 Å². The molecule has 0 heterocycles. The van der Waals surface area contributed by atoms with Gasteiger partial charge in [0.1, 0.15) is 11.8 Å². The highest BCUT2D eigenvalue weighted by Gasteiger charge is 2.20. The van der Waals surface area contributed by atoms with Gasteiger partial charge in [0.25, 0.3) is 0 Å². The largest absolute Gasteiger partial charge is 0.508 e. The van der Waals surface area contributed by atoms with Gasteiger partial charge in [-0.05, 0) is 24.6 Å². The van der Waals surface area contributed by atoms with Gasteiger partial charge >= 0.3 is 5.97 Å². The number of hydrogen-bond acceptors (Lipinski definition) is 4. The Balaban J connectivity index is 0.00000324. The maximum atomic E-state index is 11.7. The smallest absolute Gasteiger partial charge is 0.328 e. The first-order valence-electron chi connectivity index (χ1n) is 5.74. The van der Waals surface area contributed by atoms with Crippen molar-refractivity contribution in [2.75, 3.05) is 6.61 Å². The van der Waals surface area contributed by atoms with Crippen molar-refractivity contribution in [3.63, 3.8) is 0 Å². The standard InChI is InChI=1S/C13H17NO4.H2O/c1-3-18-13(17)12(14-9(2)15)8-10-4-6-11(16)7-5-10;/h4-7,12,16H,3,8H2,1-2H3,(H,14,15);1H2. The highest BCUT2D eigenvalue weighted by molar-refractivity contribution is 5.83. The SMILES string of the molecule is CCOC(=O)C(Cc1ccc(O)cc1)NC(C)=O.O. The monoisotopic (exact) mass is 269 g/mol. The maximum absolute atomic E-state index is 11.7. The summed E-state index contributed by atoms with van der Waals surface area (Å²) in [5.41, 5.74) is 0.833. The molecule has 0 saturated carbocycles. The molecule has 0 aliphatic carbocycles. The van der Waals surface area contributed by atoms with Crippen LogP contribution in [0.4, 0.5) is 0 Å². The van der Waals surface area contributed by atoms with E-state index in [0.29, 0.717) is 6.42 Å². The average molecular weight is 269 g/mol. The van der Waals surface area contributed by atoms with Gasteiger partial charge in [-0.1, -0.05) is 12.1 Å². The molecule has 0 fully saturated rings. The van der Waals surface area contributed by atoms with Crippen LogP contribution >= 0.6 is 0 Å².